The summed E-state index contributed by atoms with van der Waals surface area (Å²) in [5.41, 5.74) is 3.74. The van der Waals surface area contributed by atoms with E-state index in [1.807, 2.05) is 0 Å². The number of ether oxygens (including phenoxy) is 1. The van der Waals surface area contributed by atoms with Gasteiger partial charge in [-0.25, -0.2) is 0 Å². The highest BCUT2D eigenvalue weighted by atomic mass is 32.2. The third-order valence-corrected chi connectivity index (χ3v) is 3.42. The van der Waals surface area contributed by atoms with Crippen LogP contribution in [0.1, 0.15) is 5.56 Å². The van der Waals surface area contributed by atoms with E-state index < -0.39 is 0 Å². The summed E-state index contributed by atoms with van der Waals surface area (Å²) in [5.74, 6) is 0. The van der Waals surface area contributed by atoms with Crippen LogP contribution in [0, 0.1) is 0 Å². The molecule has 17 heavy (non-hydrogen) atoms. The molecule has 0 bridgehead atoms. The summed E-state index contributed by atoms with van der Waals surface area (Å²) < 4.78 is 5.24. The van der Waals surface area contributed by atoms with E-state index in [9.17, 15) is 0 Å². The molecule has 0 radical (unpaired) electrons. The molecule has 2 rings (SSSR count). The van der Waals surface area contributed by atoms with Crippen molar-refractivity contribution in [2.75, 3.05) is 13.4 Å². The molecular formula is C15H16OS. The lowest BCUT2D eigenvalue weighted by Crippen LogP contribution is -1.91. The van der Waals surface area contributed by atoms with Crippen LogP contribution in [0.5, 0.6) is 0 Å². The second kappa shape index (κ2) is 5.89. The Morgan fingerprint density at radius 3 is 2.65 bits per heavy atom. The molecule has 0 unspecified atom stereocenters. The molecule has 0 amide bonds. The molecular weight excluding hydrogens is 228 g/mol. The third kappa shape index (κ3) is 2.90. The molecule has 1 nitrogen and oxygen atoms in total. The normalized spacial score (nSPS) is 10.5. The van der Waals surface area contributed by atoms with E-state index in [1.54, 1.807) is 18.9 Å². The third-order valence-electron chi connectivity index (χ3n) is 2.70. The number of benzene rings is 2. The summed E-state index contributed by atoms with van der Waals surface area (Å²) in [5, 5.41) is 0. The molecule has 2 heteroatoms. The largest absolute Gasteiger partial charge is 0.380 e. The van der Waals surface area contributed by atoms with E-state index >= 15 is 0 Å². The van der Waals surface area contributed by atoms with Gasteiger partial charge in [0.15, 0.2) is 0 Å². The van der Waals surface area contributed by atoms with Crippen molar-refractivity contribution in [1.29, 1.82) is 0 Å². The van der Waals surface area contributed by atoms with Crippen LogP contribution in [-0.2, 0) is 11.3 Å². The first-order chi connectivity index (χ1) is 8.35. The van der Waals surface area contributed by atoms with Gasteiger partial charge in [-0.3, -0.25) is 0 Å². The predicted octanol–water partition coefficient (Wildman–Crippen LogP) is 4.22. The zero-order valence-corrected chi connectivity index (χ0v) is 11.0. The highest BCUT2D eigenvalue weighted by molar-refractivity contribution is 7.98. The number of methoxy groups -OCH3 is 1. The quantitative estimate of drug-likeness (QED) is 0.745. The monoisotopic (exact) mass is 244 g/mol. The minimum absolute atomic E-state index is 0.652. The van der Waals surface area contributed by atoms with Crippen molar-refractivity contribution in [3.05, 3.63) is 54.1 Å². The molecule has 0 saturated carbocycles. The Bertz CT molecular complexity index is 494. The Hall–Kier alpha value is -1.25. The molecule has 0 atom stereocenters. The average Bonchev–Trinajstić information content (AvgIpc) is 2.40. The lowest BCUT2D eigenvalue weighted by molar-refractivity contribution is 0.185. The Kier molecular flexibility index (Phi) is 4.24. The van der Waals surface area contributed by atoms with Crippen molar-refractivity contribution in [1.82, 2.24) is 0 Å². The van der Waals surface area contributed by atoms with Crippen molar-refractivity contribution in [3.8, 4) is 11.1 Å². The van der Waals surface area contributed by atoms with Crippen LogP contribution in [0.4, 0.5) is 0 Å². The fourth-order valence-corrected chi connectivity index (χ4v) is 2.33. The summed E-state index contributed by atoms with van der Waals surface area (Å²) >= 11 is 1.77. The van der Waals surface area contributed by atoms with Crippen LogP contribution in [0.25, 0.3) is 11.1 Å². The van der Waals surface area contributed by atoms with Crippen LogP contribution >= 0.6 is 11.8 Å². The molecule has 0 heterocycles. The van der Waals surface area contributed by atoms with Crippen molar-refractivity contribution in [2.24, 2.45) is 0 Å². The average molecular weight is 244 g/mol. The van der Waals surface area contributed by atoms with E-state index in [4.69, 9.17) is 4.74 Å². The van der Waals surface area contributed by atoms with Gasteiger partial charge >= 0.3 is 0 Å². The van der Waals surface area contributed by atoms with Gasteiger partial charge in [-0.05, 0) is 35.1 Å². The summed E-state index contributed by atoms with van der Waals surface area (Å²) in [4.78, 5) is 1.29. The summed E-state index contributed by atoms with van der Waals surface area (Å²) in [7, 11) is 1.73. The minimum Gasteiger partial charge on any atom is -0.380 e. The minimum atomic E-state index is 0.652. The van der Waals surface area contributed by atoms with Crippen LogP contribution in [0.15, 0.2) is 53.4 Å². The predicted molar refractivity (Wildman–Crippen MR) is 74.4 cm³/mol. The van der Waals surface area contributed by atoms with E-state index in [2.05, 4.69) is 54.8 Å². The topological polar surface area (TPSA) is 9.23 Å². The fourth-order valence-electron chi connectivity index (χ4n) is 1.87. The van der Waals surface area contributed by atoms with Gasteiger partial charge in [-0.15, -0.1) is 11.8 Å². The molecule has 0 fully saturated rings. The first-order valence-corrected chi connectivity index (χ1v) is 6.79. The Morgan fingerprint density at radius 2 is 1.88 bits per heavy atom. The van der Waals surface area contributed by atoms with E-state index in [-0.39, 0.29) is 0 Å². The van der Waals surface area contributed by atoms with Crippen molar-refractivity contribution in [2.45, 2.75) is 11.5 Å². The van der Waals surface area contributed by atoms with Crippen LogP contribution < -0.4 is 0 Å². The zero-order chi connectivity index (χ0) is 12.1. The number of hydrogen-bond donors (Lipinski definition) is 0. The first kappa shape index (κ1) is 12.2. The maximum absolute atomic E-state index is 5.24. The number of thioether (sulfide) groups is 1. The highest BCUT2D eigenvalue weighted by Crippen LogP contribution is 2.27. The molecule has 0 spiro atoms. The van der Waals surface area contributed by atoms with Crippen LogP contribution in [-0.4, -0.2) is 13.4 Å². The van der Waals surface area contributed by atoms with Crippen molar-refractivity contribution >= 4 is 11.8 Å². The SMILES string of the molecule is COCc1ccccc1-c1cccc(SC)c1. The lowest BCUT2D eigenvalue weighted by Gasteiger charge is -2.09. The molecule has 0 N–H and O–H groups in total. The number of hydrogen-bond acceptors (Lipinski definition) is 2. The van der Waals surface area contributed by atoms with Gasteiger partial charge in [0.25, 0.3) is 0 Å². The molecule has 2 aromatic carbocycles. The van der Waals surface area contributed by atoms with E-state index in [0.717, 1.165) is 0 Å². The fraction of sp³-hybridized carbons (Fsp3) is 0.200. The van der Waals surface area contributed by atoms with Gasteiger partial charge in [-0.1, -0.05) is 36.4 Å². The lowest BCUT2D eigenvalue weighted by atomic mass is 10.0. The number of rotatable bonds is 4. The molecule has 2 aromatic rings. The summed E-state index contributed by atoms with van der Waals surface area (Å²) in [6, 6.07) is 17.0. The molecule has 0 saturated heterocycles. The van der Waals surface area contributed by atoms with Crippen LogP contribution in [0.3, 0.4) is 0 Å². The molecule has 0 aliphatic heterocycles. The highest BCUT2D eigenvalue weighted by Gasteiger charge is 2.04. The second-order valence-electron chi connectivity index (χ2n) is 3.82. The molecule has 0 aliphatic rings. The van der Waals surface area contributed by atoms with Gasteiger partial charge < -0.3 is 4.74 Å². The van der Waals surface area contributed by atoms with E-state index in [0.29, 0.717) is 6.61 Å². The van der Waals surface area contributed by atoms with Crippen molar-refractivity contribution < 1.29 is 4.74 Å². The van der Waals surface area contributed by atoms with Gasteiger partial charge in [-0.2, -0.15) is 0 Å². The Balaban J connectivity index is 2.44. The first-order valence-electron chi connectivity index (χ1n) is 5.56. The van der Waals surface area contributed by atoms with Gasteiger partial charge in [0, 0.05) is 12.0 Å². The smallest absolute Gasteiger partial charge is 0.0719 e. The molecule has 0 aliphatic carbocycles. The molecule has 0 aromatic heterocycles. The summed E-state index contributed by atoms with van der Waals surface area (Å²) in [6.45, 7) is 0.652. The van der Waals surface area contributed by atoms with Gasteiger partial charge in [0.1, 0.15) is 0 Å². The molecule has 88 valence electrons. The Labute approximate surface area is 107 Å². The summed E-state index contributed by atoms with van der Waals surface area (Å²) in [6.07, 6.45) is 2.10. The second-order valence-corrected chi connectivity index (χ2v) is 4.70. The van der Waals surface area contributed by atoms with E-state index in [1.165, 1.54) is 21.6 Å². The maximum atomic E-state index is 5.24. The van der Waals surface area contributed by atoms with Gasteiger partial charge in [0.05, 0.1) is 6.61 Å². The van der Waals surface area contributed by atoms with Crippen LogP contribution in [0.2, 0.25) is 0 Å². The standard InChI is InChI=1S/C15H16OS/c1-16-11-13-6-3-4-9-15(13)12-7-5-8-14(10-12)17-2/h3-10H,11H2,1-2H3. The Morgan fingerprint density at radius 1 is 1.06 bits per heavy atom. The maximum Gasteiger partial charge on any atom is 0.0719 e. The van der Waals surface area contributed by atoms with Gasteiger partial charge in [0.2, 0.25) is 0 Å². The zero-order valence-electron chi connectivity index (χ0n) is 10.1. The van der Waals surface area contributed by atoms with Crippen molar-refractivity contribution in [3.63, 3.8) is 0 Å².